The zero-order valence-corrected chi connectivity index (χ0v) is 12.1. The fourth-order valence-corrected chi connectivity index (χ4v) is 2.66. The minimum absolute atomic E-state index is 0.315. The average molecular weight is 317 g/mol. The van der Waals surface area contributed by atoms with Crippen molar-refractivity contribution < 1.29 is 14.7 Å². The van der Waals surface area contributed by atoms with E-state index in [1.165, 1.54) is 11.0 Å². The number of amides is 2. The Balaban J connectivity index is 2.12. The minimum atomic E-state index is -0.984. The molecule has 7 heteroatoms. The number of carboxylic acid groups (broad SMARTS) is 1. The largest absolute Gasteiger partial charge is 0.480 e. The second-order valence-corrected chi connectivity index (χ2v) is 5.44. The predicted molar refractivity (Wildman–Crippen MR) is 77.5 cm³/mol. The molecule has 1 fully saturated rings. The molecule has 1 aromatic rings. The van der Waals surface area contributed by atoms with Gasteiger partial charge in [0.2, 0.25) is 0 Å². The van der Waals surface area contributed by atoms with Gasteiger partial charge in [-0.1, -0.05) is 23.2 Å². The first-order valence-electron chi connectivity index (χ1n) is 6.24. The minimum Gasteiger partial charge on any atom is -0.480 e. The smallest absolute Gasteiger partial charge is 0.326 e. The monoisotopic (exact) mass is 316 g/mol. The molecule has 2 N–H and O–H groups in total. The van der Waals surface area contributed by atoms with Crippen LogP contribution in [0, 0.1) is 0 Å². The van der Waals surface area contributed by atoms with Gasteiger partial charge in [-0.05, 0) is 37.5 Å². The van der Waals surface area contributed by atoms with E-state index in [2.05, 4.69) is 5.32 Å². The maximum atomic E-state index is 12.2. The number of hydrogen-bond donors (Lipinski definition) is 2. The highest BCUT2D eigenvalue weighted by molar-refractivity contribution is 6.36. The van der Waals surface area contributed by atoms with Gasteiger partial charge < -0.3 is 15.3 Å². The SMILES string of the molecule is O=C(O)C1CCCCN1C(=O)Nc1ccc(Cl)cc1Cl. The maximum Gasteiger partial charge on any atom is 0.326 e. The first-order valence-corrected chi connectivity index (χ1v) is 7.00. The number of nitrogens with zero attached hydrogens (tertiary/aromatic N) is 1. The number of nitrogens with one attached hydrogen (secondary N) is 1. The summed E-state index contributed by atoms with van der Waals surface area (Å²) >= 11 is 11.8. The molecular weight excluding hydrogens is 303 g/mol. The van der Waals surface area contributed by atoms with Crippen LogP contribution in [0.5, 0.6) is 0 Å². The molecule has 0 spiro atoms. The topological polar surface area (TPSA) is 69.6 Å². The van der Waals surface area contributed by atoms with Crippen molar-refractivity contribution in [1.29, 1.82) is 0 Å². The first-order chi connectivity index (χ1) is 9.49. The summed E-state index contributed by atoms with van der Waals surface area (Å²) in [6.45, 7) is 0.425. The Morgan fingerprint density at radius 1 is 1.30 bits per heavy atom. The Morgan fingerprint density at radius 2 is 2.05 bits per heavy atom. The Hall–Kier alpha value is -1.46. The van der Waals surface area contributed by atoms with E-state index in [1.54, 1.807) is 12.1 Å². The molecule has 5 nitrogen and oxygen atoms in total. The summed E-state index contributed by atoms with van der Waals surface area (Å²) in [5.41, 5.74) is 0.413. The zero-order valence-electron chi connectivity index (χ0n) is 10.6. The number of rotatable bonds is 2. The molecule has 20 heavy (non-hydrogen) atoms. The van der Waals surface area contributed by atoms with Crippen LogP contribution in [0.4, 0.5) is 10.5 Å². The van der Waals surface area contributed by atoms with E-state index in [-0.39, 0.29) is 0 Å². The van der Waals surface area contributed by atoms with Crippen molar-refractivity contribution in [1.82, 2.24) is 4.90 Å². The summed E-state index contributed by atoms with van der Waals surface area (Å²) in [6.07, 6.45) is 2.07. The number of hydrogen-bond acceptors (Lipinski definition) is 2. The number of piperidine rings is 1. The molecule has 0 aliphatic carbocycles. The highest BCUT2D eigenvalue weighted by Gasteiger charge is 2.32. The average Bonchev–Trinajstić information content (AvgIpc) is 2.41. The third-order valence-corrected chi connectivity index (χ3v) is 3.77. The molecule has 1 aliphatic heterocycles. The van der Waals surface area contributed by atoms with E-state index < -0.39 is 18.0 Å². The van der Waals surface area contributed by atoms with Gasteiger partial charge in [0.25, 0.3) is 0 Å². The quantitative estimate of drug-likeness (QED) is 0.877. The number of carbonyl (C=O) groups excluding carboxylic acids is 1. The maximum absolute atomic E-state index is 12.2. The number of benzene rings is 1. The van der Waals surface area contributed by atoms with Crippen molar-refractivity contribution in [3.05, 3.63) is 28.2 Å². The van der Waals surface area contributed by atoms with Gasteiger partial charge in [0.15, 0.2) is 0 Å². The lowest BCUT2D eigenvalue weighted by Crippen LogP contribution is -2.49. The third kappa shape index (κ3) is 3.35. The zero-order chi connectivity index (χ0) is 14.7. The highest BCUT2D eigenvalue weighted by atomic mass is 35.5. The van der Waals surface area contributed by atoms with Crippen LogP contribution in [0.15, 0.2) is 18.2 Å². The number of urea groups is 1. The van der Waals surface area contributed by atoms with Gasteiger partial charge >= 0.3 is 12.0 Å². The van der Waals surface area contributed by atoms with Crippen LogP contribution in [-0.2, 0) is 4.79 Å². The predicted octanol–water partition coefficient (Wildman–Crippen LogP) is 3.46. The fourth-order valence-electron chi connectivity index (χ4n) is 2.21. The van der Waals surface area contributed by atoms with Crippen LogP contribution in [0.3, 0.4) is 0 Å². The number of carbonyl (C=O) groups is 2. The second-order valence-electron chi connectivity index (χ2n) is 4.60. The van der Waals surface area contributed by atoms with Crippen LogP contribution >= 0.6 is 23.2 Å². The van der Waals surface area contributed by atoms with Crippen molar-refractivity contribution in [2.45, 2.75) is 25.3 Å². The van der Waals surface area contributed by atoms with Gasteiger partial charge in [-0.3, -0.25) is 0 Å². The lowest BCUT2D eigenvalue weighted by Gasteiger charge is -2.32. The van der Waals surface area contributed by atoms with Gasteiger partial charge in [0.05, 0.1) is 10.7 Å². The number of carboxylic acids is 1. The molecule has 2 rings (SSSR count). The molecule has 1 unspecified atom stereocenters. The Morgan fingerprint density at radius 3 is 2.70 bits per heavy atom. The molecule has 1 aliphatic rings. The second kappa shape index (κ2) is 6.33. The number of anilines is 1. The number of halogens is 2. The first kappa shape index (κ1) is 14.9. The normalized spacial score (nSPS) is 18.7. The molecule has 1 atom stereocenters. The van der Waals surface area contributed by atoms with Crippen molar-refractivity contribution in [3.63, 3.8) is 0 Å². The Bertz CT molecular complexity index is 536. The van der Waals surface area contributed by atoms with Crippen molar-refractivity contribution in [2.75, 3.05) is 11.9 Å². The van der Waals surface area contributed by atoms with E-state index in [1.807, 2.05) is 0 Å². The molecule has 0 aromatic heterocycles. The van der Waals surface area contributed by atoms with E-state index in [0.717, 1.165) is 12.8 Å². The van der Waals surface area contributed by atoms with Gasteiger partial charge in [-0.25, -0.2) is 9.59 Å². The molecule has 1 heterocycles. The summed E-state index contributed by atoms with van der Waals surface area (Å²) in [4.78, 5) is 24.7. The van der Waals surface area contributed by atoms with Gasteiger partial charge in [-0.15, -0.1) is 0 Å². The van der Waals surface area contributed by atoms with Crippen molar-refractivity contribution >= 4 is 40.9 Å². The Kier molecular flexibility index (Phi) is 4.73. The molecule has 2 amide bonds. The summed E-state index contributed by atoms with van der Waals surface area (Å²) in [7, 11) is 0. The number of likely N-dealkylation sites (tertiary alicyclic amines) is 1. The molecule has 0 saturated carbocycles. The van der Waals surface area contributed by atoms with Gasteiger partial charge in [0.1, 0.15) is 6.04 Å². The summed E-state index contributed by atoms with van der Waals surface area (Å²) in [5.74, 6) is -0.984. The molecule has 1 aromatic carbocycles. The van der Waals surface area contributed by atoms with E-state index in [0.29, 0.717) is 28.7 Å². The van der Waals surface area contributed by atoms with Crippen LogP contribution in [0.25, 0.3) is 0 Å². The van der Waals surface area contributed by atoms with Crippen LogP contribution in [-0.4, -0.2) is 34.6 Å². The molecule has 0 bridgehead atoms. The van der Waals surface area contributed by atoms with Crippen LogP contribution < -0.4 is 5.32 Å². The highest BCUT2D eigenvalue weighted by Crippen LogP contribution is 2.26. The fraction of sp³-hybridized carbons (Fsp3) is 0.385. The molecule has 1 saturated heterocycles. The van der Waals surface area contributed by atoms with Crippen LogP contribution in [0.1, 0.15) is 19.3 Å². The molecule has 108 valence electrons. The molecular formula is C13H14Cl2N2O3. The van der Waals surface area contributed by atoms with E-state index >= 15 is 0 Å². The van der Waals surface area contributed by atoms with Crippen LogP contribution in [0.2, 0.25) is 10.0 Å². The van der Waals surface area contributed by atoms with Gasteiger partial charge in [-0.2, -0.15) is 0 Å². The molecule has 0 radical (unpaired) electrons. The van der Waals surface area contributed by atoms with E-state index in [4.69, 9.17) is 28.3 Å². The summed E-state index contributed by atoms with van der Waals surface area (Å²) in [5, 5.41) is 12.6. The van der Waals surface area contributed by atoms with Gasteiger partial charge in [0, 0.05) is 11.6 Å². The van der Waals surface area contributed by atoms with Crippen molar-refractivity contribution in [2.24, 2.45) is 0 Å². The third-order valence-electron chi connectivity index (χ3n) is 3.22. The lowest BCUT2D eigenvalue weighted by atomic mass is 10.0. The summed E-state index contributed by atoms with van der Waals surface area (Å²) < 4.78 is 0. The van der Waals surface area contributed by atoms with Crippen molar-refractivity contribution in [3.8, 4) is 0 Å². The Labute approximate surface area is 126 Å². The number of aliphatic carboxylic acids is 1. The van der Waals surface area contributed by atoms with E-state index in [9.17, 15) is 9.59 Å². The standard InChI is InChI=1S/C13H14Cl2N2O3/c14-8-4-5-10(9(15)7-8)16-13(20)17-6-2-1-3-11(17)12(18)19/h4-5,7,11H,1-3,6H2,(H,16,20)(H,18,19). The summed E-state index contributed by atoms with van der Waals surface area (Å²) in [6, 6.07) is 3.47. The lowest BCUT2D eigenvalue weighted by molar-refractivity contribution is -0.143.